The number of aromatic nitrogens is 3. The molecule has 5 aromatic rings. The number of fused-ring (bicyclic) bond motifs is 2. The van der Waals surface area contributed by atoms with Crippen molar-refractivity contribution in [2.75, 3.05) is 0 Å². The molecular formula is C26H18F3N3O5S2. The van der Waals surface area contributed by atoms with Gasteiger partial charge in [-0.1, -0.05) is 12.1 Å². The predicted molar refractivity (Wildman–Crippen MR) is 139 cm³/mol. The molecule has 3 aromatic heterocycles. The van der Waals surface area contributed by atoms with Crippen molar-refractivity contribution in [2.45, 2.75) is 32.0 Å². The van der Waals surface area contributed by atoms with E-state index in [1.165, 1.54) is 17.4 Å². The zero-order chi connectivity index (χ0) is 27.7. The summed E-state index contributed by atoms with van der Waals surface area (Å²) in [6.45, 7) is -0.0782. The number of benzene rings is 2. The number of carboxylic acids is 1. The lowest BCUT2D eigenvalue weighted by Crippen LogP contribution is -2.26. The lowest BCUT2D eigenvalue weighted by atomic mass is 10.1. The molecule has 0 aliphatic carbocycles. The maximum Gasteiger partial charge on any atom is 0.416 e. The van der Waals surface area contributed by atoms with Gasteiger partial charge >= 0.3 is 18.1 Å². The van der Waals surface area contributed by atoms with E-state index in [1.807, 2.05) is 0 Å². The quantitative estimate of drug-likeness (QED) is 0.198. The molecule has 0 aliphatic heterocycles. The highest BCUT2D eigenvalue weighted by atomic mass is 32.1. The number of nitrogens with zero attached hydrogens (tertiary/aromatic N) is 3. The molecule has 3 heterocycles. The fraction of sp³-hybridized carbons (Fsp3) is 0.192. The molecule has 2 aromatic carbocycles. The lowest BCUT2D eigenvalue weighted by Gasteiger charge is -2.09. The van der Waals surface area contributed by atoms with Gasteiger partial charge in [0.25, 0.3) is 5.56 Å². The number of carbonyl (C=O) groups is 2. The van der Waals surface area contributed by atoms with E-state index in [1.54, 1.807) is 35.0 Å². The van der Waals surface area contributed by atoms with Crippen LogP contribution in [0, 0.1) is 0 Å². The summed E-state index contributed by atoms with van der Waals surface area (Å²) in [7, 11) is 0. The number of alkyl halides is 3. The van der Waals surface area contributed by atoms with Crippen molar-refractivity contribution in [3.8, 4) is 5.75 Å². The van der Waals surface area contributed by atoms with Gasteiger partial charge in [-0.25, -0.2) is 9.67 Å². The van der Waals surface area contributed by atoms with E-state index < -0.39 is 29.2 Å². The minimum Gasteiger partial charge on any atom is -0.481 e. The van der Waals surface area contributed by atoms with E-state index >= 15 is 0 Å². The molecule has 8 nitrogen and oxygen atoms in total. The van der Waals surface area contributed by atoms with E-state index in [4.69, 9.17) is 9.84 Å². The Labute approximate surface area is 225 Å². The standard InChI is InChI=1S/C26H18F3N3O5S2/c27-26(28,29)15-4-7-21-20(9-15)30-22(39-21)11-32-25(36)18-13-38-12-17(18)19(31-32)10-24(35)37-16-5-1-14(2-6-16)3-8-23(33)34/h1-2,4-7,9,12-13H,3,8,10-11H2,(H,33,34). The van der Waals surface area contributed by atoms with Crippen LogP contribution in [-0.2, 0) is 35.2 Å². The number of rotatable bonds is 8. The van der Waals surface area contributed by atoms with Crippen LogP contribution in [0.2, 0.25) is 0 Å². The normalized spacial score (nSPS) is 11.8. The number of esters is 1. The summed E-state index contributed by atoms with van der Waals surface area (Å²) in [6.07, 6.45) is -4.39. The molecule has 1 N–H and O–H groups in total. The SMILES string of the molecule is O=C(O)CCc1ccc(OC(=O)Cc2nn(Cc3nc4cc(C(F)(F)F)ccc4s3)c(=O)c3cscc23)cc1. The summed E-state index contributed by atoms with van der Waals surface area (Å²) in [4.78, 5) is 40.7. The summed E-state index contributed by atoms with van der Waals surface area (Å²) < 4.78 is 46.3. The average molecular weight is 574 g/mol. The van der Waals surface area contributed by atoms with Crippen LogP contribution in [0.1, 0.15) is 28.2 Å². The van der Waals surface area contributed by atoms with Crippen LogP contribution in [0.3, 0.4) is 0 Å². The minimum atomic E-state index is -4.49. The second kappa shape index (κ2) is 10.6. The zero-order valence-corrected chi connectivity index (χ0v) is 21.5. The number of halogens is 3. The van der Waals surface area contributed by atoms with Crippen LogP contribution in [-0.4, -0.2) is 31.8 Å². The average Bonchev–Trinajstić information content (AvgIpc) is 3.53. The molecule has 13 heteroatoms. The summed E-state index contributed by atoms with van der Waals surface area (Å²) in [5.41, 5.74) is 0.0603. The maximum atomic E-state index is 13.1. The lowest BCUT2D eigenvalue weighted by molar-refractivity contribution is -0.138. The van der Waals surface area contributed by atoms with Crippen LogP contribution in [0.25, 0.3) is 21.0 Å². The molecule has 0 atom stereocenters. The fourth-order valence-corrected chi connectivity index (χ4v) is 5.70. The van der Waals surface area contributed by atoms with E-state index in [-0.39, 0.29) is 30.7 Å². The van der Waals surface area contributed by atoms with Gasteiger partial charge in [-0.3, -0.25) is 14.4 Å². The first-order valence-electron chi connectivity index (χ1n) is 11.5. The van der Waals surface area contributed by atoms with E-state index in [2.05, 4.69) is 10.1 Å². The van der Waals surface area contributed by atoms with Gasteiger partial charge in [-0.15, -0.1) is 11.3 Å². The second-order valence-corrected chi connectivity index (χ2v) is 10.4. The van der Waals surface area contributed by atoms with Crippen molar-refractivity contribution in [1.29, 1.82) is 0 Å². The number of carboxylic acid groups (broad SMARTS) is 1. The van der Waals surface area contributed by atoms with Crippen LogP contribution in [0.4, 0.5) is 13.2 Å². The summed E-state index contributed by atoms with van der Waals surface area (Å²) in [5, 5.41) is 17.8. The Kier molecular flexibility index (Phi) is 7.19. The van der Waals surface area contributed by atoms with Crippen molar-refractivity contribution >= 4 is 55.6 Å². The smallest absolute Gasteiger partial charge is 0.416 e. The molecule has 39 heavy (non-hydrogen) atoms. The predicted octanol–water partition coefficient (Wildman–Crippen LogP) is 5.30. The highest BCUT2D eigenvalue weighted by Crippen LogP contribution is 2.33. The van der Waals surface area contributed by atoms with Gasteiger partial charge in [-0.05, 0) is 42.3 Å². The molecule has 0 bridgehead atoms. The zero-order valence-electron chi connectivity index (χ0n) is 19.9. The molecule has 0 spiro atoms. The number of aliphatic carboxylic acids is 1. The van der Waals surface area contributed by atoms with Crippen LogP contribution >= 0.6 is 22.7 Å². The Hall–Kier alpha value is -4.10. The van der Waals surface area contributed by atoms with Crippen LogP contribution < -0.4 is 10.3 Å². The number of thiophene rings is 1. The van der Waals surface area contributed by atoms with E-state index in [0.717, 1.165) is 33.7 Å². The van der Waals surface area contributed by atoms with Gasteiger partial charge in [0.15, 0.2) is 0 Å². The highest BCUT2D eigenvalue weighted by Gasteiger charge is 2.30. The molecule has 200 valence electrons. The Bertz CT molecular complexity index is 1760. The summed E-state index contributed by atoms with van der Waals surface area (Å²) in [5.74, 6) is -1.24. The molecule has 0 fully saturated rings. The monoisotopic (exact) mass is 573 g/mol. The molecule has 0 unspecified atom stereocenters. The maximum absolute atomic E-state index is 13.1. The van der Waals surface area contributed by atoms with E-state index in [9.17, 15) is 27.6 Å². The van der Waals surface area contributed by atoms with Gasteiger partial charge in [0, 0.05) is 22.6 Å². The Morgan fingerprint density at radius 3 is 2.51 bits per heavy atom. The van der Waals surface area contributed by atoms with Crippen LogP contribution in [0.5, 0.6) is 5.75 Å². The number of aryl methyl sites for hydroxylation is 1. The Balaban J connectivity index is 1.36. The van der Waals surface area contributed by atoms with Gasteiger partial charge < -0.3 is 9.84 Å². The van der Waals surface area contributed by atoms with Gasteiger partial charge in [0.1, 0.15) is 10.8 Å². The molecule has 0 radical (unpaired) electrons. The third kappa shape index (κ3) is 5.99. The van der Waals surface area contributed by atoms with Gasteiger partial charge in [0.2, 0.25) is 0 Å². The summed E-state index contributed by atoms with van der Waals surface area (Å²) in [6, 6.07) is 9.79. The third-order valence-corrected chi connectivity index (χ3v) is 7.58. The first-order valence-corrected chi connectivity index (χ1v) is 13.3. The first-order chi connectivity index (χ1) is 18.6. The molecule has 5 rings (SSSR count). The van der Waals surface area contributed by atoms with Gasteiger partial charge in [0.05, 0.1) is 39.8 Å². The van der Waals surface area contributed by atoms with Crippen LogP contribution in [0.15, 0.2) is 58.0 Å². The number of ether oxygens (including phenoxy) is 1. The van der Waals surface area contributed by atoms with Crippen molar-refractivity contribution in [3.63, 3.8) is 0 Å². The first kappa shape index (κ1) is 26.5. The number of hydrogen-bond acceptors (Lipinski definition) is 8. The molecule has 0 saturated heterocycles. The second-order valence-electron chi connectivity index (χ2n) is 8.59. The minimum absolute atomic E-state index is 0.0111. The largest absolute Gasteiger partial charge is 0.481 e. The van der Waals surface area contributed by atoms with Crippen molar-refractivity contribution in [3.05, 3.63) is 85.4 Å². The number of hydrogen-bond donors (Lipinski definition) is 1. The molecule has 0 aliphatic rings. The molecule has 0 saturated carbocycles. The van der Waals surface area contributed by atoms with Crippen molar-refractivity contribution in [2.24, 2.45) is 0 Å². The van der Waals surface area contributed by atoms with Crippen molar-refractivity contribution < 1.29 is 32.6 Å². The molecular weight excluding hydrogens is 555 g/mol. The fourth-order valence-electron chi connectivity index (χ4n) is 3.93. The highest BCUT2D eigenvalue weighted by molar-refractivity contribution is 7.18. The van der Waals surface area contributed by atoms with E-state index in [0.29, 0.717) is 32.6 Å². The third-order valence-electron chi connectivity index (χ3n) is 5.82. The topological polar surface area (TPSA) is 111 Å². The molecule has 0 amide bonds. The number of thiazole rings is 1. The Morgan fingerprint density at radius 2 is 1.79 bits per heavy atom. The summed E-state index contributed by atoms with van der Waals surface area (Å²) >= 11 is 2.43. The van der Waals surface area contributed by atoms with Gasteiger partial charge in [-0.2, -0.15) is 29.6 Å². The number of carbonyl (C=O) groups excluding carboxylic acids is 1. The Morgan fingerprint density at radius 1 is 1.05 bits per heavy atom. The van der Waals surface area contributed by atoms with Crippen molar-refractivity contribution in [1.82, 2.24) is 14.8 Å².